The molecule has 0 bridgehead atoms. The lowest BCUT2D eigenvalue weighted by Crippen LogP contribution is -2.58. The van der Waals surface area contributed by atoms with Crippen molar-refractivity contribution in [2.45, 2.75) is 25.5 Å². The fourth-order valence-electron chi connectivity index (χ4n) is 4.82. The molecular formula is C30H26ClF6N3O5. The molecule has 4 rings (SSSR count). The lowest BCUT2D eigenvalue weighted by molar-refractivity contribution is -0.274. The monoisotopic (exact) mass is 657 g/mol. The quantitative estimate of drug-likeness (QED) is 0.229. The molecule has 0 spiro atoms. The molecule has 1 saturated heterocycles. The maximum absolute atomic E-state index is 13.7. The van der Waals surface area contributed by atoms with Gasteiger partial charge < -0.3 is 29.4 Å². The van der Waals surface area contributed by atoms with Gasteiger partial charge in [-0.15, -0.1) is 13.2 Å². The van der Waals surface area contributed by atoms with E-state index < -0.39 is 48.3 Å². The Balaban J connectivity index is 1.47. The molecule has 1 atom stereocenters. The Morgan fingerprint density at radius 1 is 1.00 bits per heavy atom. The first-order valence-electron chi connectivity index (χ1n) is 13.3. The summed E-state index contributed by atoms with van der Waals surface area (Å²) in [7, 11) is 1.57. The zero-order valence-electron chi connectivity index (χ0n) is 23.8. The first-order valence-corrected chi connectivity index (χ1v) is 13.7. The fraction of sp³-hybridized carbons (Fsp3) is 0.300. The number of carbonyl (C=O) groups excluding carboxylic acids is 3. The number of carbonyl (C=O) groups is 3. The van der Waals surface area contributed by atoms with Gasteiger partial charge in [0.1, 0.15) is 23.8 Å². The summed E-state index contributed by atoms with van der Waals surface area (Å²) < 4.78 is 86.7. The summed E-state index contributed by atoms with van der Waals surface area (Å²) in [5, 5.41) is 2.65. The van der Waals surface area contributed by atoms with E-state index in [4.69, 9.17) is 16.3 Å². The smallest absolute Gasteiger partial charge is 0.482 e. The maximum Gasteiger partial charge on any atom is 0.573 e. The second kappa shape index (κ2) is 13.3. The Hall–Kier alpha value is -4.46. The normalized spacial score (nSPS) is 15.4. The first kappa shape index (κ1) is 33.4. The van der Waals surface area contributed by atoms with Crippen LogP contribution in [0.4, 0.5) is 32.0 Å². The molecular weight excluding hydrogens is 632 g/mol. The average Bonchev–Trinajstić information content (AvgIpc) is 2.98. The predicted octanol–water partition coefficient (Wildman–Crippen LogP) is 6.21. The van der Waals surface area contributed by atoms with Crippen molar-refractivity contribution in [2.24, 2.45) is 0 Å². The molecule has 1 fully saturated rings. The molecule has 1 aliphatic rings. The van der Waals surface area contributed by atoms with Crippen LogP contribution in [0.25, 0.3) is 11.1 Å². The molecule has 3 aromatic carbocycles. The van der Waals surface area contributed by atoms with Gasteiger partial charge in [-0.1, -0.05) is 23.7 Å². The van der Waals surface area contributed by atoms with Crippen LogP contribution < -0.4 is 14.8 Å². The van der Waals surface area contributed by atoms with Crippen LogP contribution in [0.2, 0.25) is 5.02 Å². The minimum Gasteiger partial charge on any atom is -0.482 e. The van der Waals surface area contributed by atoms with Crippen LogP contribution in [0.1, 0.15) is 21.5 Å². The highest BCUT2D eigenvalue weighted by atomic mass is 35.5. The van der Waals surface area contributed by atoms with Crippen molar-refractivity contribution in [1.82, 2.24) is 9.80 Å². The molecule has 1 heterocycles. The minimum atomic E-state index is -4.92. The average molecular weight is 658 g/mol. The zero-order valence-corrected chi connectivity index (χ0v) is 24.5. The molecule has 0 saturated carbocycles. The number of ether oxygens (including phenoxy) is 2. The molecule has 0 radical (unpaired) electrons. The van der Waals surface area contributed by atoms with E-state index in [1.54, 1.807) is 25.2 Å². The maximum atomic E-state index is 13.7. The Morgan fingerprint density at radius 2 is 1.73 bits per heavy atom. The van der Waals surface area contributed by atoms with Crippen molar-refractivity contribution in [1.29, 1.82) is 0 Å². The van der Waals surface area contributed by atoms with Gasteiger partial charge in [-0.05, 0) is 60.0 Å². The standard InChI is InChI=1S/C30H26ClF6N3O5/c1-17-9-19(11-20(10-17)29(32,33)34)18-3-5-25(38-2)23(12-18)28(43)40-8-7-39(14-21(40)15-41)27(42)16-44-26-6-4-22(13-24(26)31)45-30(35,36)37/h3-6,9-13,15,21,38H,7-8,14,16H2,1-2H3. The molecule has 1 N–H and O–H groups in total. The summed E-state index contributed by atoms with van der Waals surface area (Å²) in [4.78, 5) is 41.1. The van der Waals surface area contributed by atoms with Gasteiger partial charge in [0.2, 0.25) is 0 Å². The minimum absolute atomic E-state index is 0.0196. The van der Waals surface area contributed by atoms with Crippen molar-refractivity contribution >= 4 is 35.4 Å². The number of alkyl halides is 6. The molecule has 15 heteroatoms. The van der Waals surface area contributed by atoms with Crippen molar-refractivity contribution in [2.75, 3.05) is 38.6 Å². The highest BCUT2D eigenvalue weighted by Crippen LogP contribution is 2.35. The lowest BCUT2D eigenvalue weighted by Gasteiger charge is -2.39. The lowest BCUT2D eigenvalue weighted by atomic mass is 9.97. The van der Waals surface area contributed by atoms with E-state index in [2.05, 4.69) is 10.1 Å². The molecule has 3 aromatic rings. The van der Waals surface area contributed by atoms with Crippen LogP contribution in [0.5, 0.6) is 11.5 Å². The van der Waals surface area contributed by atoms with Crippen LogP contribution in [-0.4, -0.2) is 73.6 Å². The van der Waals surface area contributed by atoms with Crippen LogP contribution in [-0.2, 0) is 15.8 Å². The van der Waals surface area contributed by atoms with E-state index in [1.165, 1.54) is 22.8 Å². The number of nitrogens with one attached hydrogen (secondary N) is 1. The molecule has 1 aliphatic heterocycles. The number of benzene rings is 3. The zero-order chi connectivity index (χ0) is 33.1. The van der Waals surface area contributed by atoms with Crippen molar-refractivity contribution in [3.8, 4) is 22.6 Å². The molecule has 8 nitrogen and oxygen atoms in total. The van der Waals surface area contributed by atoms with Crippen molar-refractivity contribution < 1.29 is 50.2 Å². The molecule has 0 aliphatic carbocycles. The Kier molecular flexibility index (Phi) is 9.86. The van der Waals surface area contributed by atoms with Crippen LogP contribution in [0.15, 0.2) is 54.6 Å². The van der Waals surface area contributed by atoms with E-state index in [1.807, 2.05) is 0 Å². The van der Waals surface area contributed by atoms with E-state index in [0.717, 1.165) is 30.3 Å². The Morgan fingerprint density at radius 3 is 2.36 bits per heavy atom. The van der Waals surface area contributed by atoms with E-state index in [-0.39, 0.29) is 41.5 Å². The van der Waals surface area contributed by atoms with Gasteiger partial charge >= 0.3 is 12.5 Å². The van der Waals surface area contributed by atoms with Gasteiger partial charge in [0, 0.05) is 38.4 Å². The highest BCUT2D eigenvalue weighted by molar-refractivity contribution is 6.32. The van der Waals surface area contributed by atoms with E-state index >= 15 is 0 Å². The van der Waals surface area contributed by atoms with Crippen LogP contribution in [0, 0.1) is 6.92 Å². The number of anilines is 1. The number of aryl methyl sites for hydroxylation is 1. The van der Waals surface area contributed by atoms with Crippen LogP contribution in [0.3, 0.4) is 0 Å². The number of amides is 2. The summed E-state index contributed by atoms with van der Waals surface area (Å²) in [5.41, 5.74) is 0.663. The molecule has 0 aromatic heterocycles. The first-order chi connectivity index (χ1) is 21.1. The number of piperazine rings is 1. The van der Waals surface area contributed by atoms with E-state index in [0.29, 0.717) is 23.1 Å². The van der Waals surface area contributed by atoms with E-state index in [9.17, 15) is 40.7 Å². The number of rotatable bonds is 8. The number of hydrogen-bond acceptors (Lipinski definition) is 6. The van der Waals surface area contributed by atoms with Gasteiger partial charge in [0.05, 0.1) is 16.1 Å². The molecule has 45 heavy (non-hydrogen) atoms. The summed E-state index contributed by atoms with van der Waals surface area (Å²) in [6, 6.07) is 10.1. The van der Waals surface area contributed by atoms with Crippen LogP contribution >= 0.6 is 11.6 Å². The summed E-state index contributed by atoms with van der Waals surface area (Å²) in [5.74, 6) is -1.79. The van der Waals surface area contributed by atoms with Gasteiger partial charge in [0.25, 0.3) is 11.8 Å². The second-order valence-corrected chi connectivity index (χ2v) is 10.5. The predicted molar refractivity (Wildman–Crippen MR) is 152 cm³/mol. The third kappa shape index (κ3) is 8.18. The van der Waals surface area contributed by atoms with Gasteiger partial charge in [-0.2, -0.15) is 13.2 Å². The van der Waals surface area contributed by atoms with Gasteiger partial charge in [0.15, 0.2) is 6.61 Å². The van der Waals surface area contributed by atoms with Crippen molar-refractivity contribution in [3.63, 3.8) is 0 Å². The summed E-state index contributed by atoms with van der Waals surface area (Å²) in [6.45, 7) is 0.775. The number of halogens is 7. The van der Waals surface area contributed by atoms with Crippen molar-refractivity contribution in [3.05, 3.63) is 76.3 Å². The molecule has 1 unspecified atom stereocenters. The number of hydrogen-bond donors (Lipinski definition) is 1. The highest BCUT2D eigenvalue weighted by Gasteiger charge is 2.35. The molecule has 2 amide bonds. The Bertz CT molecular complexity index is 1600. The number of aldehydes is 1. The molecule has 240 valence electrons. The van der Waals surface area contributed by atoms with Gasteiger partial charge in [-0.25, -0.2) is 0 Å². The summed E-state index contributed by atoms with van der Waals surface area (Å²) >= 11 is 5.95. The summed E-state index contributed by atoms with van der Waals surface area (Å²) in [6.07, 6.45) is -8.97. The third-order valence-electron chi connectivity index (χ3n) is 6.93. The second-order valence-electron chi connectivity index (χ2n) is 10.1. The van der Waals surface area contributed by atoms with Gasteiger partial charge in [-0.3, -0.25) is 9.59 Å². The Labute approximate surface area is 258 Å². The fourth-order valence-corrected chi connectivity index (χ4v) is 5.04. The SMILES string of the molecule is CNc1ccc(-c2cc(C)cc(C(F)(F)F)c2)cc1C(=O)N1CCN(C(=O)COc2ccc(OC(F)(F)F)cc2Cl)CC1C=O. The third-order valence-corrected chi connectivity index (χ3v) is 7.23. The largest absolute Gasteiger partial charge is 0.573 e. The topological polar surface area (TPSA) is 88.2 Å². The number of nitrogens with zero attached hydrogens (tertiary/aromatic N) is 2.